The third kappa shape index (κ3) is 4.69. The number of thioether (sulfide) groups is 1. The second-order valence-electron chi connectivity index (χ2n) is 6.65. The van der Waals surface area contributed by atoms with Gasteiger partial charge < -0.3 is 29.6 Å². The molecule has 4 heterocycles. The van der Waals surface area contributed by atoms with Gasteiger partial charge in [0.2, 0.25) is 11.9 Å². The number of carbonyl (C=O) groups is 2. The lowest BCUT2D eigenvalue weighted by molar-refractivity contribution is -0.133. The summed E-state index contributed by atoms with van der Waals surface area (Å²) in [5.74, 6) is -0.125. The van der Waals surface area contributed by atoms with E-state index >= 15 is 0 Å². The Bertz CT molecular complexity index is 864. The lowest BCUT2D eigenvalue weighted by atomic mass is 10.1. The normalized spacial score (nSPS) is 25.5. The summed E-state index contributed by atoms with van der Waals surface area (Å²) in [4.78, 5) is 31.3. The molecule has 11 heteroatoms. The molecule has 2 aromatic heterocycles. The van der Waals surface area contributed by atoms with Crippen LogP contribution in [-0.2, 0) is 19.1 Å². The highest BCUT2D eigenvalue weighted by Gasteiger charge is 2.48. The number of fused-ring (bicyclic) bond motifs is 1. The van der Waals surface area contributed by atoms with Gasteiger partial charge in [0, 0.05) is 6.20 Å². The Hall–Kier alpha value is -2.63. The van der Waals surface area contributed by atoms with E-state index in [4.69, 9.17) is 19.0 Å². The van der Waals surface area contributed by atoms with E-state index in [0.717, 1.165) is 11.8 Å². The van der Waals surface area contributed by atoms with E-state index in [2.05, 4.69) is 20.6 Å². The minimum atomic E-state index is -0.946. The topological polar surface area (TPSA) is 136 Å². The van der Waals surface area contributed by atoms with E-state index in [9.17, 15) is 9.59 Å². The number of nitrogens with one attached hydrogen (secondary N) is 2. The first kappa shape index (κ1) is 19.7. The molecule has 1 amide bonds. The lowest BCUT2D eigenvalue weighted by Gasteiger charge is -2.18. The smallest absolute Gasteiger partial charge is 0.313 e. The summed E-state index contributed by atoms with van der Waals surface area (Å²) in [6.07, 6.45) is 2.70. The van der Waals surface area contributed by atoms with Crippen molar-refractivity contribution in [3.63, 3.8) is 0 Å². The summed E-state index contributed by atoms with van der Waals surface area (Å²) in [5, 5.41) is 14.7. The van der Waals surface area contributed by atoms with Crippen molar-refractivity contribution in [2.75, 3.05) is 30.0 Å². The number of carbonyl (C=O) groups excluding carboxylic acids is 1. The van der Waals surface area contributed by atoms with Crippen LogP contribution in [0.25, 0.3) is 11.5 Å². The third-order valence-electron chi connectivity index (χ3n) is 4.60. The highest BCUT2D eigenvalue weighted by Crippen LogP contribution is 2.29. The molecule has 4 rings (SSSR count). The number of rotatable bonds is 8. The van der Waals surface area contributed by atoms with Gasteiger partial charge >= 0.3 is 5.97 Å². The Morgan fingerprint density at radius 2 is 1.97 bits per heavy atom. The van der Waals surface area contributed by atoms with E-state index in [1.54, 1.807) is 24.6 Å². The summed E-state index contributed by atoms with van der Waals surface area (Å²) >= 11 is 1.05. The molecule has 4 atom stereocenters. The highest BCUT2D eigenvalue weighted by molar-refractivity contribution is 8.00. The van der Waals surface area contributed by atoms with E-state index < -0.39 is 5.97 Å². The minimum absolute atomic E-state index is 0.0786. The van der Waals surface area contributed by atoms with Crippen LogP contribution in [0.3, 0.4) is 0 Å². The Morgan fingerprint density at radius 3 is 2.72 bits per heavy atom. The van der Waals surface area contributed by atoms with Crippen molar-refractivity contribution in [1.82, 2.24) is 15.3 Å². The van der Waals surface area contributed by atoms with Crippen LogP contribution in [0.2, 0.25) is 0 Å². The van der Waals surface area contributed by atoms with Crippen LogP contribution >= 0.6 is 11.8 Å². The van der Waals surface area contributed by atoms with Gasteiger partial charge in [-0.25, -0.2) is 9.97 Å². The number of aliphatic carboxylic acids is 1. The standard InChI is InChI=1S/C18H20N4O6S/c23-14(8-29-9-15(24)25)20-11-6-27-17-12(7-28-16(11)17)22-18-19-4-3-10(21-18)13-2-1-5-26-13/h1-5,11-12,16-17H,6-9H2,(H,20,23)(H,24,25)(H,19,21,22)/t11-,12+,16-,17+/m0/s1. The number of hydrogen-bond donors (Lipinski definition) is 3. The van der Waals surface area contributed by atoms with Crippen LogP contribution in [0.5, 0.6) is 0 Å². The van der Waals surface area contributed by atoms with Crippen molar-refractivity contribution >= 4 is 29.6 Å². The molecule has 2 saturated heterocycles. The zero-order chi connectivity index (χ0) is 20.2. The summed E-state index contributed by atoms with van der Waals surface area (Å²) in [7, 11) is 0. The first-order chi connectivity index (χ1) is 14.1. The molecule has 2 aliphatic rings. The molecule has 2 aromatic rings. The number of ether oxygens (including phenoxy) is 2. The summed E-state index contributed by atoms with van der Waals surface area (Å²) in [6, 6.07) is 4.94. The zero-order valence-electron chi connectivity index (χ0n) is 15.3. The first-order valence-corrected chi connectivity index (χ1v) is 10.2. The van der Waals surface area contributed by atoms with Crippen molar-refractivity contribution in [1.29, 1.82) is 0 Å². The highest BCUT2D eigenvalue weighted by atomic mass is 32.2. The van der Waals surface area contributed by atoms with Gasteiger partial charge in [-0.15, -0.1) is 11.8 Å². The van der Waals surface area contributed by atoms with Crippen LogP contribution < -0.4 is 10.6 Å². The van der Waals surface area contributed by atoms with Crippen molar-refractivity contribution in [2.24, 2.45) is 0 Å². The number of furan rings is 1. The quantitative estimate of drug-likeness (QED) is 0.557. The minimum Gasteiger partial charge on any atom is -0.481 e. The molecule has 0 saturated carbocycles. The molecular formula is C18H20N4O6S. The fraction of sp³-hybridized carbons (Fsp3) is 0.444. The van der Waals surface area contributed by atoms with Gasteiger partial charge in [0.1, 0.15) is 17.9 Å². The second kappa shape index (κ2) is 8.80. The van der Waals surface area contributed by atoms with Gasteiger partial charge in [-0.3, -0.25) is 9.59 Å². The van der Waals surface area contributed by atoms with Crippen molar-refractivity contribution in [2.45, 2.75) is 24.3 Å². The molecule has 0 spiro atoms. The van der Waals surface area contributed by atoms with Gasteiger partial charge in [0.05, 0.1) is 43.1 Å². The molecule has 154 valence electrons. The van der Waals surface area contributed by atoms with E-state index in [0.29, 0.717) is 30.6 Å². The number of hydrogen-bond acceptors (Lipinski definition) is 9. The zero-order valence-corrected chi connectivity index (χ0v) is 16.1. The Labute approximate surface area is 170 Å². The Balaban J connectivity index is 1.32. The average Bonchev–Trinajstić information content (AvgIpc) is 3.42. The van der Waals surface area contributed by atoms with Crippen LogP contribution in [0.15, 0.2) is 35.1 Å². The Kier molecular flexibility index (Phi) is 5.97. The van der Waals surface area contributed by atoms with Gasteiger partial charge in [0.15, 0.2) is 5.76 Å². The molecule has 2 fully saturated rings. The number of amides is 1. The predicted molar refractivity (Wildman–Crippen MR) is 104 cm³/mol. The molecule has 0 unspecified atom stereocenters. The number of anilines is 1. The Morgan fingerprint density at radius 1 is 1.17 bits per heavy atom. The van der Waals surface area contributed by atoms with Crippen molar-refractivity contribution in [3.05, 3.63) is 30.7 Å². The van der Waals surface area contributed by atoms with Gasteiger partial charge in [-0.1, -0.05) is 0 Å². The number of aromatic nitrogens is 2. The maximum Gasteiger partial charge on any atom is 0.313 e. The number of carboxylic acids is 1. The summed E-state index contributed by atoms with van der Waals surface area (Å²) < 4.78 is 17.1. The largest absolute Gasteiger partial charge is 0.481 e. The molecule has 0 aliphatic carbocycles. The summed E-state index contributed by atoms with van der Waals surface area (Å²) in [5.41, 5.74) is 0.666. The van der Waals surface area contributed by atoms with Crippen LogP contribution in [-0.4, -0.2) is 76.0 Å². The van der Waals surface area contributed by atoms with Crippen LogP contribution in [0.4, 0.5) is 5.95 Å². The fourth-order valence-electron chi connectivity index (χ4n) is 3.38. The van der Waals surface area contributed by atoms with Crippen molar-refractivity contribution < 1.29 is 28.6 Å². The van der Waals surface area contributed by atoms with Gasteiger partial charge in [-0.05, 0) is 18.2 Å². The van der Waals surface area contributed by atoms with Gasteiger partial charge in [0.25, 0.3) is 0 Å². The monoisotopic (exact) mass is 420 g/mol. The molecule has 0 aromatic carbocycles. The molecule has 0 radical (unpaired) electrons. The fourth-order valence-corrected chi connectivity index (χ4v) is 3.93. The molecular weight excluding hydrogens is 400 g/mol. The van der Waals surface area contributed by atoms with Crippen molar-refractivity contribution in [3.8, 4) is 11.5 Å². The third-order valence-corrected chi connectivity index (χ3v) is 5.52. The van der Waals surface area contributed by atoms with Crippen LogP contribution in [0.1, 0.15) is 0 Å². The average molecular weight is 420 g/mol. The molecule has 3 N–H and O–H groups in total. The predicted octanol–water partition coefficient (Wildman–Crippen LogP) is 0.617. The SMILES string of the molecule is O=C(O)CSCC(=O)N[C@H]1CO[C@H]2[C@H]1OC[C@H]2Nc1nccc(-c2ccco2)n1. The van der Waals surface area contributed by atoms with E-state index in [1.165, 1.54) is 0 Å². The van der Waals surface area contributed by atoms with Crippen LogP contribution in [0, 0.1) is 0 Å². The maximum absolute atomic E-state index is 12.0. The molecule has 2 aliphatic heterocycles. The van der Waals surface area contributed by atoms with Gasteiger partial charge in [-0.2, -0.15) is 0 Å². The molecule has 0 bridgehead atoms. The summed E-state index contributed by atoms with van der Waals surface area (Å²) in [6.45, 7) is 0.722. The van der Waals surface area contributed by atoms with E-state index in [1.807, 2.05) is 6.07 Å². The molecule has 10 nitrogen and oxygen atoms in total. The first-order valence-electron chi connectivity index (χ1n) is 9.06. The number of nitrogens with zero attached hydrogens (tertiary/aromatic N) is 2. The van der Waals surface area contributed by atoms with E-state index in [-0.39, 0.29) is 41.7 Å². The molecule has 29 heavy (non-hydrogen) atoms. The lowest BCUT2D eigenvalue weighted by Crippen LogP contribution is -2.45. The second-order valence-corrected chi connectivity index (χ2v) is 7.64. The maximum atomic E-state index is 12.0. The number of carboxylic acid groups (broad SMARTS) is 1.